The van der Waals surface area contributed by atoms with Gasteiger partial charge in [0, 0.05) is 23.2 Å². The monoisotopic (exact) mass is 350 g/mol. The summed E-state index contributed by atoms with van der Waals surface area (Å²) in [5, 5.41) is 13.5. The van der Waals surface area contributed by atoms with Crippen LogP contribution in [0.3, 0.4) is 0 Å². The summed E-state index contributed by atoms with van der Waals surface area (Å²) < 4.78 is 6.31. The largest absolute Gasteiger partial charge is 0.450 e. The number of carbonyl (C=O) groups excluding carboxylic acids is 1. The van der Waals surface area contributed by atoms with Crippen molar-refractivity contribution in [2.24, 2.45) is 0 Å². The van der Waals surface area contributed by atoms with E-state index < -0.39 is 10.8 Å². The highest BCUT2D eigenvalue weighted by Crippen LogP contribution is 2.33. The molecule has 2 aromatic rings. The number of nitrogens with zero attached hydrogens (tertiary/aromatic N) is 1. The molecule has 108 valence electrons. The van der Waals surface area contributed by atoms with E-state index in [1.807, 2.05) is 6.07 Å². The van der Waals surface area contributed by atoms with E-state index in [0.717, 1.165) is 4.47 Å². The zero-order valence-electron chi connectivity index (χ0n) is 11.0. The lowest BCUT2D eigenvalue weighted by Gasteiger charge is -2.08. The van der Waals surface area contributed by atoms with Crippen molar-refractivity contribution in [3.05, 3.63) is 62.6 Å². The third-order valence-corrected chi connectivity index (χ3v) is 3.16. The summed E-state index contributed by atoms with van der Waals surface area (Å²) in [7, 11) is 1.46. The molecule has 6 nitrogen and oxygen atoms in total. The Morgan fingerprint density at radius 3 is 2.67 bits per heavy atom. The number of benzene rings is 2. The minimum Gasteiger partial charge on any atom is -0.450 e. The van der Waals surface area contributed by atoms with Gasteiger partial charge < -0.3 is 10.1 Å². The molecule has 0 aliphatic heterocycles. The zero-order valence-corrected chi connectivity index (χ0v) is 12.6. The number of nitrogens with one attached hydrogen (secondary N) is 1. The molecule has 0 bridgehead atoms. The molecule has 0 atom stereocenters. The first-order chi connectivity index (χ1) is 10.0. The topological polar surface area (TPSA) is 81.5 Å². The molecule has 0 saturated carbocycles. The standard InChI is InChI=1S/C14H11BrN2O4/c1-16-14(18)9-5-6-13(12(7-9)17(19)20)21-11-4-2-3-10(15)8-11/h2-8H,1H3,(H,16,18). The molecule has 0 aliphatic rings. The molecule has 7 heteroatoms. The van der Waals surface area contributed by atoms with Gasteiger partial charge in [-0.05, 0) is 30.3 Å². The number of nitro groups is 1. The Morgan fingerprint density at radius 2 is 2.05 bits per heavy atom. The van der Waals surface area contributed by atoms with Gasteiger partial charge in [-0.1, -0.05) is 22.0 Å². The number of hydrogen-bond donors (Lipinski definition) is 1. The normalized spacial score (nSPS) is 10.0. The van der Waals surface area contributed by atoms with Crippen molar-refractivity contribution in [1.82, 2.24) is 5.32 Å². The maximum absolute atomic E-state index is 11.5. The Kier molecular flexibility index (Phi) is 4.54. The molecule has 1 amide bonds. The maximum atomic E-state index is 11.5. The lowest BCUT2D eigenvalue weighted by atomic mass is 10.1. The highest BCUT2D eigenvalue weighted by molar-refractivity contribution is 9.10. The third kappa shape index (κ3) is 3.57. The van der Waals surface area contributed by atoms with E-state index in [0.29, 0.717) is 5.75 Å². The van der Waals surface area contributed by atoms with Crippen molar-refractivity contribution < 1.29 is 14.5 Å². The van der Waals surface area contributed by atoms with Gasteiger partial charge in [0.15, 0.2) is 0 Å². The first-order valence-corrected chi connectivity index (χ1v) is 6.74. The van der Waals surface area contributed by atoms with Crippen LogP contribution in [0.1, 0.15) is 10.4 Å². The summed E-state index contributed by atoms with van der Waals surface area (Å²) in [6.45, 7) is 0. The predicted octanol–water partition coefficient (Wildman–Crippen LogP) is 3.51. The Hall–Kier alpha value is -2.41. The molecule has 0 saturated heterocycles. The van der Waals surface area contributed by atoms with Gasteiger partial charge in [0.1, 0.15) is 5.75 Å². The van der Waals surface area contributed by atoms with Crippen LogP contribution < -0.4 is 10.1 Å². The minimum absolute atomic E-state index is 0.0748. The third-order valence-electron chi connectivity index (χ3n) is 2.67. The smallest absolute Gasteiger partial charge is 0.312 e. The van der Waals surface area contributed by atoms with E-state index >= 15 is 0 Å². The highest BCUT2D eigenvalue weighted by atomic mass is 79.9. The average Bonchev–Trinajstić information content (AvgIpc) is 2.46. The number of nitro benzene ring substituents is 1. The lowest BCUT2D eigenvalue weighted by molar-refractivity contribution is -0.385. The molecule has 0 aliphatic carbocycles. The molecule has 0 fully saturated rings. The molecule has 2 rings (SSSR count). The zero-order chi connectivity index (χ0) is 15.4. The number of carbonyl (C=O) groups is 1. The molecule has 1 N–H and O–H groups in total. The lowest BCUT2D eigenvalue weighted by Crippen LogP contribution is -2.17. The number of hydrogen-bond acceptors (Lipinski definition) is 4. The van der Waals surface area contributed by atoms with E-state index in [2.05, 4.69) is 21.2 Å². The summed E-state index contributed by atoms with van der Waals surface area (Å²) in [4.78, 5) is 22.1. The summed E-state index contributed by atoms with van der Waals surface area (Å²) >= 11 is 3.30. The Morgan fingerprint density at radius 1 is 1.29 bits per heavy atom. The van der Waals surface area contributed by atoms with Crippen molar-refractivity contribution in [3.63, 3.8) is 0 Å². The van der Waals surface area contributed by atoms with Gasteiger partial charge in [-0.25, -0.2) is 0 Å². The molecular formula is C14H11BrN2O4. The number of halogens is 1. The fraction of sp³-hybridized carbons (Fsp3) is 0.0714. The van der Waals surface area contributed by atoms with E-state index in [1.165, 1.54) is 25.2 Å². The van der Waals surface area contributed by atoms with Crippen LogP contribution >= 0.6 is 15.9 Å². The minimum atomic E-state index is -0.584. The first-order valence-electron chi connectivity index (χ1n) is 5.95. The molecule has 21 heavy (non-hydrogen) atoms. The SMILES string of the molecule is CNC(=O)c1ccc(Oc2cccc(Br)c2)c([N+](=O)[O-])c1. The summed E-state index contributed by atoms with van der Waals surface area (Å²) in [6.07, 6.45) is 0. The van der Waals surface area contributed by atoms with Gasteiger partial charge in [0.2, 0.25) is 5.75 Å². The second-order valence-electron chi connectivity index (χ2n) is 4.08. The molecule has 0 aromatic heterocycles. The van der Waals surface area contributed by atoms with Crippen molar-refractivity contribution in [3.8, 4) is 11.5 Å². The van der Waals surface area contributed by atoms with Crippen LogP contribution in [0.4, 0.5) is 5.69 Å². The Labute approximate surface area is 129 Å². The van der Waals surface area contributed by atoms with Crippen molar-refractivity contribution in [2.45, 2.75) is 0 Å². The summed E-state index contributed by atoms with van der Waals surface area (Å²) in [6, 6.07) is 11.0. The molecule has 0 unspecified atom stereocenters. The Bertz CT molecular complexity index is 703. The molecule has 0 spiro atoms. The van der Waals surface area contributed by atoms with E-state index in [4.69, 9.17) is 4.74 Å². The van der Waals surface area contributed by atoms with Crippen LogP contribution in [0.25, 0.3) is 0 Å². The van der Waals surface area contributed by atoms with E-state index in [9.17, 15) is 14.9 Å². The fourth-order valence-electron chi connectivity index (χ4n) is 1.69. The maximum Gasteiger partial charge on any atom is 0.312 e. The van der Waals surface area contributed by atoms with Crippen LogP contribution in [0.15, 0.2) is 46.9 Å². The van der Waals surface area contributed by atoms with E-state index in [1.54, 1.807) is 18.2 Å². The van der Waals surface area contributed by atoms with Crippen molar-refractivity contribution >= 4 is 27.5 Å². The number of amides is 1. The van der Waals surface area contributed by atoms with Crippen LogP contribution in [0.2, 0.25) is 0 Å². The van der Waals surface area contributed by atoms with Crippen LogP contribution in [0.5, 0.6) is 11.5 Å². The molecule has 0 radical (unpaired) electrons. The van der Waals surface area contributed by atoms with Gasteiger partial charge in [0.05, 0.1) is 4.92 Å². The second kappa shape index (κ2) is 6.36. The fourth-order valence-corrected chi connectivity index (χ4v) is 2.07. The van der Waals surface area contributed by atoms with Crippen molar-refractivity contribution in [2.75, 3.05) is 7.05 Å². The number of rotatable bonds is 4. The second-order valence-corrected chi connectivity index (χ2v) is 4.99. The van der Waals surface area contributed by atoms with E-state index in [-0.39, 0.29) is 17.0 Å². The van der Waals surface area contributed by atoms with Gasteiger partial charge >= 0.3 is 5.69 Å². The average molecular weight is 351 g/mol. The van der Waals surface area contributed by atoms with Crippen LogP contribution in [0, 0.1) is 10.1 Å². The van der Waals surface area contributed by atoms with Gasteiger partial charge in [-0.3, -0.25) is 14.9 Å². The molecular weight excluding hydrogens is 340 g/mol. The van der Waals surface area contributed by atoms with Crippen LogP contribution in [-0.2, 0) is 0 Å². The van der Waals surface area contributed by atoms with Gasteiger partial charge in [0.25, 0.3) is 5.91 Å². The van der Waals surface area contributed by atoms with Gasteiger partial charge in [-0.15, -0.1) is 0 Å². The van der Waals surface area contributed by atoms with Gasteiger partial charge in [-0.2, -0.15) is 0 Å². The molecule has 2 aromatic carbocycles. The predicted molar refractivity (Wildman–Crippen MR) is 80.7 cm³/mol. The number of ether oxygens (including phenoxy) is 1. The summed E-state index contributed by atoms with van der Waals surface area (Å²) in [5.41, 5.74) is -0.0677. The van der Waals surface area contributed by atoms with Crippen molar-refractivity contribution in [1.29, 1.82) is 0 Å². The first kappa shape index (κ1) is 15.0. The quantitative estimate of drug-likeness (QED) is 0.675. The summed E-state index contributed by atoms with van der Waals surface area (Å²) in [5.74, 6) is 0.137. The molecule has 0 heterocycles. The highest BCUT2D eigenvalue weighted by Gasteiger charge is 2.19. The van der Waals surface area contributed by atoms with Crippen LogP contribution in [-0.4, -0.2) is 17.9 Å². The Balaban J connectivity index is 2.39.